The monoisotopic (exact) mass is 293 g/mol. The van der Waals surface area contributed by atoms with E-state index in [2.05, 4.69) is 36.8 Å². The number of nitrogens with one attached hydrogen (secondary N) is 1. The Kier molecular flexibility index (Phi) is 3.19. The first-order valence-corrected chi connectivity index (χ1v) is 4.56. The summed E-state index contributed by atoms with van der Waals surface area (Å²) in [6, 6.07) is 3.28. The van der Waals surface area contributed by atoms with Crippen LogP contribution in [-0.2, 0) is 0 Å². The zero-order valence-electron chi connectivity index (χ0n) is 5.84. The fraction of sp³-hybridized carbons (Fsp3) is 0. The van der Waals surface area contributed by atoms with Gasteiger partial charge in [-0.15, -0.1) is 0 Å². The van der Waals surface area contributed by atoms with Crippen molar-refractivity contribution < 1.29 is 4.79 Å². The summed E-state index contributed by atoms with van der Waals surface area (Å²) in [5.74, 6) is 4.58. The van der Waals surface area contributed by atoms with Gasteiger partial charge in [-0.05, 0) is 44.0 Å². The summed E-state index contributed by atoms with van der Waals surface area (Å²) in [4.78, 5) is 15.0. The van der Waals surface area contributed by atoms with Crippen molar-refractivity contribution in [1.82, 2.24) is 10.4 Å². The number of rotatable bonds is 1. The van der Waals surface area contributed by atoms with Crippen molar-refractivity contribution in [3.05, 3.63) is 26.9 Å². The number of hydrogen-bond donors (Lipinski definition) is 2. The SMILES string of the molecule is NNC(=O)c1ccc(Br)nc1Br. The first-order valence-electron chi connectivity index (χ1n) is 2.98. The van der Waals surface area contributed by atoms with E-state index < -0.39 is 0 Å². The minimum absolute atomic E-state index is 0.373. The molecule has 1 amide bonds. The summed E-state index contributed by atoms with van der Waals surface area (Å²) < 4.78 is 1.11. The normalized spacial score (nSPS) is 9.58. The number of halogens is 2. The molecule has 0 fully saturated rings. The number of amides is 1. The van der Waals surface area contributed by atoms with Crippen molar-refractivity contribution in [3.63, 3.8) is 0 Å². The Morgan fingerprint density at radius 1 is 1.50 bits per heavy atom. The maximum atomic E-state index is 11.0. The van der Waals surface area contributed by atoms with Gasteiger partial charge in [0.1, 0.15) is 9.21 Å². The third-order valence-corrected chi connectivity index (χ3v) is 2.24. The zero-order chi connectivity index (χ0) is 9.14. The molecule has 1 rings (SSSR count). The van der Waals surface area contributed by atoms with Gasteiger partial charge in [0.05, 0.1) is 5.56 Å². The van der Waals surface area contributed by atoms with E-state index in [-0.39, 0.29) is 5.91 Å². The van der Waals surface area contributed by atoms with Crippen molar-refractivity contribution in [3.8, 4) is 0 Å². The largest absolute Gasteiger partial charge is 0.290 e. The Morgan fingerprint density at radius 3 is 2.67 bits per heavy atom. The van der Waals surface area contributed by atoms with Gasteiger partial charge in [-0.2, -0.15) is 0 Å². The molecule has 0 spiro atoms. The number of carbonyl (C=O) groups excluding carboxylic acids is 1. The highest BCUT2D eigenvalue weighted by molar-refractivity contribution is 9.11. The quantitative estimate of drug-likeness (QED) is 0.354. The number of nitrogens with zero attached hydrogens (tertiary/aromatic N) is 1. The van der Waals surface area contributed by atoms with Gasteiger partial charge in [0.15, 0.2) is 0 Å². The summed E-state index contributed by atoms with van der Waals surface area (Å²) in [5, 5.41) is 0. The number of pyridine rings is 1. The average molecular weight is 295 g/mol. The van der Waals surface area contributed by atoms with E-state index in [0.29, 0.717) is 14.8 Å². The second kappa shape index (κ2) is 3.97. The number of aromatic nitrogens is 1. The average Bonchev–Trinajstić information content (AvgIpc) is 2.03. The van der Waals surface area contributed by atoms with Crippen molar-refractivity contribution in [2.24, 2.45) is 5.84 Å². The fourth-order valence-corrected chi connectivity index (χ4v) is 1.71. The number of nitrogen functional groups attached to an aromatic ring is 1. The Labute approximate surface area is 85.8 Å². The van der Waals surface area contributed by atoms with Crippen LogP contribution in [0.5, 0.6) is 0 Å². The molecule has 3 N–H and O–H groups in total. The van der Waals surface area contributed by atoms with E-state index in [1.54, 1.807) is 12.1 Å². The lowest BCUT2D eigenvalue weighted by molar-refractivity contribution is 0.0952. The molecule has 0 unspecified atom stereocenters. The second-order valence-electron chi connectivity index (χ2n) is 1.95. The highest BCUT2D eigenvalue weighted by Gasteiger charge is 2.08. The Morgan fingerprint density at radius 2 is 2.17 bits per heavy atom. The smallest absolute Gasteiger partial charge is 0.267 e. The minimum atomic E-state index is -0.373. The lowest BCUT2D eigenvalue weighted by Crippen LogP contribution is -2.30. The molecular formula is C6H5Br2N3O. The molecule has 0 saturated carbocycles. The maximum Gasteiger partial charge on any atom is 0.267 e. The number of hydrazine groups is 1. The van der Waals surface area contributed by atoms with Crippen LogP contribution in [0.2, 0.25) is 0 Å². The standard InChI is InChI=1S/C6H5Br2N3O/c7-4-2-1-3(5(8)10-4)6(12)11-9/h1-2H,9H2,(H,11,12). The summed E-state index contributed by atoms with van der Waals surface area (Å²) in [6.07, 6.45) is 0. The van der Waals surface area contributed by atoms with Crippen LogP contribution in [0.1, 0.15) is 10.4 Å². The van der Waals surface area contributed by atoms with Crippen molar-refractivity contribution >= 4 is 37.8 Å². The van der Waals surface area contributed by atoms with Gasteiger partial charge in [-0.3, -0.25) is 10.2 Å². The van der Waals surface area contributed by atoms with Crippen LogP contribution in [0.3, 0.4) is 0 Å². The molecule has 64 valence electrons. The van der Waals surface area contributed by atoms with Crippen molar-refractivity contribution in [2.75, 3.05) is 0 Å². The van der Waals surface area contributed by atoms with Gasteiger partial charge in [0, 0.05) is 0 Å². The number of hydrogen-bond acceptors (Lipinski definition) is 3. The van der Waals surface area contributed by atoms with Crippen LogP contribution in [0.15, 0.2) is 21.3 Å². The molecular weight excluding hydrogens is 290 g/mol. The lowest BCUT2D eigenvalue weighted by atomic mass is 10.3. The van der Waals surface area contributed by atoms with E-state index in [1.165, 1.54) is 0 Å². The highest BCUT2D eigenvalue weighted by Crippen LogP contribution is 2.17. The van der Waals surface area contributed by atoms with Gasteiger partial charge in [-0.25, -0.2) is 10.8 Å². The molecule has 1 aromatic rings. The van der Waals surface area contributed by atoms with Crippen LogP contribution < -0.4 is 11.3 Å². The fourth-order valence-electron chi connectivity index (χ4n) is 0.659. The van der Waals surface area contributed by atoms with Crippen LogP contribution >= 0.6 is 31.9 Å². The molecule has 1 aromatic heterocycles. The molecule has 0 aliphatic heterocycles. The van der Waals surface area contributed by atoms with E-state index in [4.69, 9.17) is 5.84 Å². The summed E-state index contributed by atoms with van der Waals surface area (Å²) in [7, 11) is 0. The predicted molar refractivity (Wildman–Crippen MR) is 51.3 cm³/mol. The van der Waals surface area contributed by atoms with Gasteiger partial charge < -0.3 is 0 Å². The predicted octanol–water partition coefficient (Wildman–Crippen LogP) is 1.21. The summed E-state index contributed by atoms with van der Waals surface area (Å²) in [6.45, 7) is 0. The molecule has 0 aromatic carbocycles. The van der Waals surface area contributed by atoms with Crippen LogP contribution in [0.25, 0.3) is 0 Å². The van der Waals surface area contributed by atoms with Gasteiger partial charge >= 0.3 is 0 Å². The molecule has 0 aliphatic carbocycles. The van der Waals surface area contributed by atoms with Gasteiger partial charge in [0.25, 0.3) is 5.91 Å². The molecule has 0 atom stereocenters. The van der Waals surface area contributed by atoms with Crippen LogP contribution in [-0.4, -0.2) is 10.9 Å². The Hall–Kier alpha value is -0.460. The Bertz CT molecular complexity index is 316. The summed E-state index contributed by atoms with van der Waals surface area (Å²) in [5.41, 5.74) is 2.42. The summed E-state index contributed by atoms with van der Waals surface area (Å²) >= 11 is 6.29. The number of nitrogens with two attached hydrogens (primary N) is 1. The van der Waals surface area contributed by atoms with Crippen LogP contribution in [0, 0.1) is 0 Å². The molecule has 1 heterocycles. The molecule has 0 saturated heterocycles. The second-order valence-corrected chi connectivity index (χ2v) is 3.51. The third kappa shape index (κ3) is 2.02. The first-order chi connectivity index (χ1) is 5.65. The van der Waals surface area contributed by atoms with E-state index in [1.807, 2.05) is 5.43 Å². The minimum Gasteiger partial charge on any atom is -0.290 e. The van der Waals surface area contributed by atoms with Crippen LogP contribution in [0.4, 0.5) is 0 Å². The van der Waals surface area contributed by atoms with Crippen molar-refractivity contribution in [2.45, 2.75) is 0 Å². The van der Waals surface area contributed by atoms with Gasteiger partial charge in [-0.1, -0.05) is 0 Å². The zero-order valence-corrected chi connectivity index (χ0v) is 9.02. The van der Waals surface area contributed by atoms with E-state index in [9.17, 15) is 4.79 Å². The number of carbonyl (C=O) groups is 1. The molecule has 4 nitrogen and oxygen atoms in total. The topological polar surface area (TPSA) is 68.0 Å². The third-order valence-electron chi connectivity index (χ3n) is 1.19. The molecule has 0 bridgehead atoms. The molecule has 12 heavy (non-hydrogen) atoms. The first kappa shape index (κ1) is 9.63. The van der Waals surface area contributed by atoms with E-state index >= 15 is 0 Å². The van der Waals surface area contributed by atoms with Crippen molar-refractivity contribution in [1.29, 1.82) is 0 Å². The molecule has 0 aliphatic rings. The molecule has 6 heteroatoms. The highest BCUT2D eigenvalue weighted by atomic mass is 79.9. The van der Waals surface area contributed by atoms with Gasteiger partial charge in [0.2, 0.25) is 0 Å². The van der Waals surface area contributed by atoms with E-state index in [0.717, 1.165) is 0 Å². The lowest BCUT2D eigenvalue weighted by Gasteiger charge is -2.01. The maximum absolute atomic E-state index is 11.0. The Balaban J connectivity index is 3.09. The molecule has 0 radical (unpaired) electrons.